The van der Waals surface area contributed by atoms with Gasteiger partial charge in [0.05, 0.1) is 13.7 Å². The van der Waals surface area contributed by atoms with Gasteiger partial charge in [0.2, 0.25) is 5.76 Å². The number of carbonyl (C=O) groups excluding carboxylic acids is 1. The highest BCUT2D eigenvalue weighted by Crippen LogP contribution is 2.12. The predicted octanol–water partition coefficient (Wildman–Crippen LogP) is 4.82. The van der Waals surface area contributed by atoms with Gasteiger partial charge in [0.1, 0.15) is 0 Å². The minimum Gasteiger partial charge on any atom is -0.487 e. The molecule has 0 saturated heterocycles. The van der Waals surface area contributed by atoms with Crippen LogP contribution < -0.4 is 0 Å². The molecular weight excluding hydrogens is 276 g/mol. The standard InChI is InChI=1S/C19H28O3/c1-16(2)11-7-4-5-10-14-22-18(19(20)21-3)15-17-12-8-6-9-13-17/h6,8-9,12-13,15-16H,4-5,7,10-11,14H2,1-3H3. The largest absolute Gasteiger partial charge is 0.487 e. The second-order valence-electron chi connectivity index (χ2n) is 5.86. The Bertz CT molecular complexity index is 449. The van der Waals surface area contributed by atoms with E-state index in [1.54, 1.807) is 6.08 Å². The zero-order valence-electron chi connectivity index (χ0n) is 14.0. The zero-order chi connectivity index (χ0) is 16.2. The van der Waals surface area contributed by atoms with Crippen molar-refractivity contribution in [3.05, 3.63) is 41.7 Å². The Morgan fingerprint density at radius 3 is 2.41 bits per heavy atom. The van der Waals surface area contributed by atoms with Crippen LogP contribution >= 0.6 is 0 Å². The van der Waals surface area contributed by atoms with Crippen molar-refractivity contribution in [1.82, 2.24) is 0 Å². The first-order chi connectivity index (χ1) is 10.6. The van der Waals surface area contributed by atoms with Crippen LogP contribution in [-0.4, -0.2) is 19.7 Å². The lowest BCUT2D eigenvalue weighted by molar-refractivity contribution is -0.140. The zero-order valence-corrected chi connectivity index (χ0v) is 14.0. The van der Waals surface area contributed by atoms with Crippen LogP contribution in [0.4, 0.5) is 0 Å². The van der Waals surface area contributed by atoms with Crippen molar-refractivity contribution in [2.45, 2.75) is 46.0 Å². The van der Waals surface area contributed by atoms with Crippen molar-refractivity contribution in [1.29, 1.82) is 0 Å². The molecule has 0 atom stereocenters. The lowest BCUT2D eigenvalue weighted by Crippen LogP contribution is -2.09. The Morgan fingerprint density at radius 2 is 1.77 bits per heavy atom. The fourth-order valence-corrected chi connectivity index (χ4v) is 2.15. The summed E-state index contributed by atoms with van der Waals surface area (Å²) in [7, 11) is 1.37. The first-order valence-electron chi connectivity index (χ1n) is 8.11. The number of carbonyl (C=O) groups is 1. The minimum atomic E-state index is -0.427. The first kappa shape index (κ1) is 18.3. The van der Waals surface area contributed by atoms with Gasteiger partial charge in [-0.2, -0.15) is 0 Å². The fraction of sp³-hybridized carbons (Fsp3) is 0.526. The molecule has 0 aliphatic heterocycles. The van der Waals surface area contributed by atoms with Crippen LogP contribution in [0.3, 0.4) is 0 Å². The van der Waals surface area contributed by atoms with Crippen LogP contribution in [0.15, 0.2) is 36.1 Å². The van der Waals surface area contributed by atoms with E-state index in [2.05, 4.69) is 13.8 Å². The van der Waals surface area contributed by atoms with E-state index in [0.717, 1.165) is 24.3 Å². The van der Waals surface area contributed by atoms with Crippen LogP contribution in [0.5, 0.6) is 0 Å². The summed E-state index contributed by atoms with van der Waals surface area (Å²) in [6, 6.07) is 9.65. The van der Waals surface area contributed by atoms with Crippen molar-refractivity contribution in [3.8, 4) is 0 Å². The van der Waals surface area contributed by atoms with Crippen molar-refractivity contribution in [2.75, 3.05) is 13.7 Å². The van der Waals surface area contributed by atoms with E-state index in [-0.39, 0.29) is 5.76 Å². The molecule has 0 aromatic heterocycles. The third-order valence-electron chi connectivity index (χ3n) is 3.42. The average molecular weight is 304 g/mol. The summed E-state index contributed by atoms with van der Waals surface area (Å²) in [5, 5.41) is 0. The van der Waals surface area contributed by atoms with Gasteiger partial charge in [0, 0.05) is 0 Å². The van der Waals surface area contributed by atoms with Gasteiger partial charge >= 0.3 is 5.97 Å². The molecule has 1 aromatic carbocycles. The summed E-state index contributed by atoms with van der Waals surface area (Å²) < 4.78 is 10.4. The maximum atomic E-state index is 11.7. The van der Waals surface area contributed by atoms with Gasteiger partial charge in [-0.3, -0.25) is 0 Å². The number of benzene rings is 1. The summed E-state index contributed by atoms with van der Waals surface area (Å²) in [4.78, 5) is 11.7. The maximum Gasteiger partial charge on any atom is 0.373 e. The van der Waals surface area contributed by atoms with Crippen LogP contribution in [0, 0.1) is 5.92 Å². The quantitative estimate of drug-likeness (QED) is 0.269. The lowest BCUT2D eigenvalue weighted by Gasteiger charge is -2.09. The smallest absolute Gasteiger partial charge is 0.373 e. The number of unbranched alkanes of at least 4 members (excludes halogenated alkanes) is 3. The molecule has 0 aliphatic rings. The molecule has 0 amide bonds. The van der Waals surface area contributed by atoms with E-state index < -0.39 is 5.97 Å². The second-order valence-corrected chi connectivity index (χ2v) is 5.86. The van der Waals surface area contributed by atoms with E-state index in [4.69, 9.17) is 9.47 Å². The van der Waals surface area contributed by atoms with Crippen LogP contribution in [0.1, 0.15) is 51.5 Å². The van der Waals surface area contributed by atoms with E-state index in [0.29, 0.717) is 6.61 Å². The molecule has 0 spiro atoms. The van der Waals surface area contributed by atoms with Gasteiger partial charge in [-0.05, 0) is 24.0 Å². The molecule has 3 nitrogen and oxygen atoms in total. The van der Waals surface area contributed by atoms with Crippen molar-refractivity contribution in [2.24, 2.45) is 5.92 Å². The molecule has 0 heterocycles. The molecule has 0 fully saturated rings. The average Bonchev–Trinajstić information content (AvgIpc) is 2.52. The van der Waals surface area contributed by atoms with Gasteiger partial charge in [0.15, 0.2) is 0 Å². The number of esters is 1. The highest BCUT2D eigenvalue weighted by Gasteiger charge is 2.11. The monoisotopic (exact) mass is 304 g/mol. The molecule has 122 valence electrons. The van der Waals surface area contributed by atoms with E-state index in [9.17, 15) is 4.79 Å². The highest BCUT2D eigenvalue weighted by atomic mass is 16.6. The topological polar surface area (TPSA) is 35.5 Å². The maximum absolute atomic E-state index is 11.7. The van der Waals surface area contributed by atoms with Gasteiger partial charge in [-0.15, -0.1) is 0 Å². The Labute approximate surface area is 134 Å². The van der Waals surface area contributed by atoms with Crippen LogP contribution in [0.2, 0.25) is 0 Å². The summed E-state index contributed by atoms with van der Waals surface area (Å²) in [5.74, 6) is 0.621. The molecule has 0 aliphatic carbocycles. The molecule has 1 aromatic rings. The number of rotatable bonds is 10. The van der Waals surface area contributed by atoms with Gasteiger partial charge < -0.3 is 9.47 Å². The van der Waals surface area contributed by atoms with Gasteiger partial charge in [0.25, 0.3) is 0 Å². The van der Waals surface area contributed by atoms with Crippen molar-refractivity contribution >= 4 is 12.0 Å². The molecule has 0 unspecified atom stereocenters. The number of methoxy groups -OCH3 is 1. The molecule has 1 rings (SSSR count). The minimum absolute atomic E-state index is 0.274. The van der Waals surface area contributed by atoms with E-state index in [1.807, 2.05) is 30.3 Å². The number of ether oxygens (including phenoxy) is 2. The Morgan fingerprint density at radius 1 is 1.09 bits per heavy atom. The molecular formula is C19H28O3. The summed E-state index contributed by atoms with van der Waals surface area (Å²) in [6.45, 7) is 5.05. The SMILES string of the molecule is COC(=O)C(=Cc1ccccc1)OCCCCCCC(C)C. The highest BCUT2D eigenvalue weighted by molar-refractivity contribution is 5.91. The molecule has 0 radical (unpaired) electrons. The Hall–Kier alpha value is -1.77. The molecule has 0 N–H and O–H groups in total. The Balaban J connectivity index is 2.37. The fourth-order valence-electron chi connectivity index (χ4n) is 2.15. The molecule has 22 heavy (non-hydrogen) atoms. The molecule has 3 heteroatoms. The second kappa shape index (κ2) is 10.9. The third kappa shape index (κ3) is 7.87. The third-order valence-corrected chi connectivity index (χ3v) is 3.42. The van der Waals surface area contributed by atoms with Crippen molar-refractivity contribution in [3.63, 3.8) is 0 Å². The van der Waals surface area contributed by atoms with E-state index >= 15 is 0 Å². The first-order valence-corrected chi connectivity index (χ1v) is 8.11. The predicted molar refractivity (Wildman–Crippen MR) is 90.3 cm³/mol. The summed E-state index contributed by atoms with van der Waals surface area (Å²) in [5.41, 5.74) is 0.930. The summed E-state index contributed by atoms with van der Waals surface area (Å²) in [6.07, 6.45) is 7.58. The molecule has 0 bridgehead atoms. The van der Waals surface area contributed by atoms with Crippen molar-refractivity contribution < 1.29 is 14.3 Å². The molecule has 0 saturated carbocycles. The lowest BCUT2D eigenvalue weighted by atomic mass is 10.0. The number of hydrogen-bond donors (Lipinski definition) is 0. The Kier molecular flexibility index (Phi) is 9.04. The normalized spacial score (nSPS) is 11.5. The van der Waals surface area contributed by atoms with E-state index in [1.165, 1.54) is 26.4 Å². The summed E-state index contributed by atoms with van der Waals surface area (Å²) >= 11 is 0. The van der Waals surface area contributed by atoms with Gasteiger partial charge in [-0.1, -0.05) is 69.9 Å². The number of hydrogen-bond acceptors (Lipinski definition) is 3. The van der Waals surface area contributed by atoms with Gasteiger partial charge in [-0.25, -0.2) is 4.79 Å². The van der Waals surface area contributed by atoms with Crippen LogP contribution in [0.25, 0.3) is 6.08 Å². The van der Waals surface area contributed by atoms with Crippen LogP contribution in [-0.2, 0) is 14.3 Å².